The van der Waals surface area contributed by atoms with E-state index in [4.69, 9.17) is 11.6 Å². The molecule has 0 aromatic heterocycles. The number of amides is 2. The maximum Gasteiger partial charge on any atom is 0.254 e. The van der Waals surface area contributed by atoms with Gasteiger partial charge in [-0.15, -0.1) is 0 Å². The molecule has 0 aliphatic heterocycles. The fourth-order valence-electron chi connectivity index (χ4n) is 1.97. The van der Waals surface area contributed by atoms with E-state index < -0.39 is 11.7 Å². The van der Waals surface area contributed by atoms with E-state index in [-0.39, 0.29) is 23.0 Å². The predicted octanol–water partition coefficient (Wildman–Crippen LogP) is 3.11. The molecule has 23 heavy (non-hydrogen) atoms. The summed E-state index contributed by atoms with van der Waals surface area (Å²) in [5, 5.41) is 2.87. The van der Waals surface area contributed by atoms with Gasteiger partial charge in [0.2, 0.25) is 0 Å². The second-order valence-electron chi connectivity index (χ2n) is 5.20. The van der Waals surface area contributed by atoms with E-state index in [9.17, 15) is 14.0 Å². The molecule has 0 atom stereocenters. The first-order chi connectivity index (χ1) is 10.9. The van der Waals surface area contributed by atoms with Crippen LogP contribution in [0.2, 0.25) is 5.02 Å². The van der Waals surface area contributed by atoms with Crippen LogP contribution in [0.3, 0.4) is 0 Å². The third-order valence-corrected chi connectivity index (χ3v) is 3.47. The number of benzene rings is 2. The molecule has 0 spiro atoms. The minimum Gasteiger partial charge on any atom is -0.348 e. The molecule has 6 heteroatoms. The second-order valence-corrected chi connectivity index (χ2v) is 5.64. The minimum absolute atomic E-state index is 0.0613. The normalized spacial score (nSPS) is 10.3. The summed E-state index contributed by atoms with van der Waals surface area (Å²) in [6.07, 6.45) is 0. The Labute approximate surface area is 138 Å². The van der Waals surface area contributed by atoms with Crippen LogP contribution in [0, 0.1) is 5.82 Å². The van der Waals surface area contributed by atoms with Crippen LogP contribution < -0.4 is 5.32 Å². The summed E-state index contributed by atoms with van der Waals surface area (Å²) in [5.74, 6) is -1.28. The molecule has 4 nitrogen and oxygen atoms in total. The van der Waals surface area contributed by atoms with Gasteiger partial charge in [0, 0.05) is 31.2 Å². The average Bonchev–Trinajstić information content (AvgIpc) is 2.52. The summed E-state index contributed by atoms with van der Waals surface area (Å²) in [5.41, 5.74) is 1.31. The number of rotatable bonds is 4. The molecule has 0 fully saturated rings. The summed E-state index contributed by atoms with van der Waals surface area (Å²) in [6, 6.07) is 10.8. The fraction of sp³-hybridized carbons (Fsp3) is 0.176. The Morgan fingerprint density at radius 1 is 1.13 bits per heavy atom. The number of halogens is 2. The molecule has 120 valence electrons. The summed E-state index contributed by atoms with van der Waals surface area (Å²) in [4.78, 5) is 25.2. The van der Waals surface area contributed by atoms with Crippen LogP contribution in [-0.4, -0.2) is 30.8 Å². The molecule has 0 saturated carbocycles. The molecule has 1 N–H and O–H groups in total. The number of hydrogen-bond donors (Lipinski definition) is 1. The van der Waals surface area contributed by atoms with Gasteiger partial charge in [-0.05, 0) is 35.9 Å². The van der Waals surface area contributed by atoms with Crippen LogP contribution in [0.15, 0.2) is 42.5 Å². The van der Waals surface area contributed by atoms with Crippen LogP contribution in [-0.2, 0) is 6.54 Å². The maximum atomic E-state index is 13.7. The summed E-state index contributed by atoms with van der Waals surface area (Å²) in [6.45, 7) is 0.233. The topological polar surface area (TPSA) is 49.4 Å². The molecule has 2 aromatic rings. The Kier molecular flexibility index (Phi) is 5.34. The largest absolute Gasteiger partial charge is 0.348 e. The molecule has 2 aromatic carbocycles. The molecule has 2 rings (SSSR count). The van der Waals surface area contributed by atoms with Gasteiger partial charge in [-0.25, -0.2) is 4.39 Å². The van der Waals surface area contributed by atoms with Crippen molar-refractivity contribution in [3.05, 3.63) is 70.0 Å². The average molecular weight is 335 g/mol. The van der Waals surface area contributed by atoms with Gasteiger partial charge in [0.1, 0.15) is 5.82 Å². The lowest BCUT2D eigenvalue weighted by Crippen LogP contribution is -2.24. The Bertz CT molecular complexity index is 730. The number of nitrogens with zero attached hydrogens (tertiary/aromatic N) is 1. The Morgan fingerprint density at radius 3 is 2.35 bits per heavy atom. The van der Waals surface area contributed by atoms with Gasteiger partial charge in [-0.2, -0.15) is 0 Å². The highest BCUT2D eigenvalue weighted by atomic mass is 35.5. The quantitative estimate of drug-likeness (QED) is 0.934. The van der Waals surface area contributed by atoms with Crippen molar-refractivity contribution in [2.75, 3.05) is 14.1 Å². The highest BCUT2D eigenvalue weighted by Gasteiger charge is 2.12. The molecule has 0 heterocycles. The smallest absolute Gasteiger partial charge is 0.254 e. The molecule has 0 bridgehead atoms. The monoisotopic (exact) mass is 334 g/mol. The van der Waals surface area contributed by atoms with Crippen LogP contribution in [0.4, 0.5) is 4.39 Å². The van der Waals surface area contributed by atoms with E-state index in [1.165, 1.54) is 17.0 Å². The van der Waals surface area contributed by atoms with E-state index in [1.54, 1.807) is 38.4 Å². The minimum atomic E-state index is -0.665. The lowest BCUT2D eigenvalue weighted by atomic mass is 10.1. The number of carbonyl (C=O) groups is 2. The number of carbonyl (C=O) groups excluding carboxylic acids is 2. The van der Waals surface area contributed by atoms with Crippen molar-refractivity contribution in [2.45, 2.75) is 6.54 Å². The lowest BCUT2D eigenvalue weighted by Gasteiger charge is -2.11. The van der Waals surface area contributed by atoms with Crippen molar-refractivity contribution in [2.24, 2.45) is 0 Å². The van der Waals surface area contributed by atoms with Gasteiger partial charge in [0.05, 0.1) is 5.56 Å². The molecule has 2 amide bonds. The first kappa shape index (κ1) is 17.0. The van der Waals surface area contributed by atoms with E-state index >= 15 is 0 Å². The van der Waals surface area contributed by atoms with Crippen LogP contribution >= 0.6 is 11.6 Å². The Morgan fingerprint density at radius 2 is 1.78 bits per heavy atom. The molecule has 0 radical (unpaired) electrons. The predicted molar refractivity (Wildman–Crippen MR) is 87.0 cm³/mol. The van der Waals surface area contributed by atoms with Crippen molar-refractivity contribution < 1.29 is 14.0 Å². The molecular formula is C17H16ClFN2O2. The van der Waals surface area contributed by atoms with Gasteiger partial charge >= 0.3 is 0 Å². The molecule has 0 saturated heterocycles. The summed E-state index contributed by atoms with van der Waals surface area (Å²) >= 11 is 5.65. The van der Waals surface area contributed by atoms with Gasteiger partial charge in [0.15, 0.2) is 0 Å². The highest BCUT2D eigenvalue weighted by Crippen LogP contribution is 2.14. The van der Waals surface area contributed by atoms with Gasteiger partial charge in [-0.1, -0.05) is 23.7 Å². The first-order valence-corrected chi connectivity index (χ1v) is 7.30. The zero-order valence-electron chi connectivity index (χ0n) is 12.8. The zero-order valence-corrected chi connectivity index (χ0v) is 13.5. The molecule has 0 aliphatic rings. The fourth-order valence-corrected chi connectivity index (χ4v) is 2.13. The van der Waals surface area contributed by atoms with E-state index in [1.807, 2.05) is 0 Å². The van der Waals surface area contributed by atoms with Crippen molar-refractivity contribution in [3.63, 3.8) is 0 Å². The van der Waals surface area contributed by atoms with Crippen molar-refractivity contribution in [1.29, 1.82) is 0 Å². The second kappa shape index (κ2) is 7.24. The van der Waals surface area contributed by atoms with E-state index in [0.717, 1.165) is 11.6 Å². The molecule has 0 unspecified atom stereocenters. The number of nitrogens with one attached hydrogen (secondary N) is 1. The van der Waals surface area contributed by atoms with Crippen LogP contribution in [0.1, 0.15) is 26.3 Å². The van der Waals surface area contributed by atoms with Crippen molar-refractivity contribution in [1.82, 2.24) is 10.2 Å². The Balaban J connectivity index is 2.00. The number of hydrogen-bond acceptors (Lipinski definition) is 2. The highest BCUT2D eigenvalue weighted by molar-refractivity contribution is 6.30. The summed E-state index contributed by atoms with van der Waals surface area (Å²) in [7, 11) is 3.36. The molecule has 0 aliphatic carbocycles. The SMILES string of the molecule is CN(C)C(=O)c1ccc(CNC(=O)c2ccc(Cl)cc2F)cc1. The lowest BCUT2D eigenvalue weighted by molar-refractivity contribution is 0.0827. The third-order valence-electron chi connectivity index (χ3n) is 3.24. The van der Waals surface area contributed by atoms with Crippen molar-refractivity contribution in [3.8, 4) is 0 Å². The Hall–Kier alpha value is -2.40. The standard InChI is InChI=1S/C17H16ClFN2O2/c1-21(2)17(23)12-5-3-11(4-6-12)10-20-16(22)14-8-7-13(18)9-15(14)19/h3-9H,10H2,1-2H3,(H,20,22). The van der Waals surface area contributed by atoms with Crippen LogP contribution in [0.5, 0.6) is 0 Å². The van der Waals surface area contributed by atoms with Gasteiger partial charge in [0.25, 0.3) is 11.8 Å². The van der Waals surface area contributed by atoms with Gasteiger partial charge < -0.3 is 10.2 Å². The summed E-state index contributed by atoms with van der Waals surface area (Å²) < 4.78 is 13.7. The van der Waals surface area contributed by atoms with Crippen molar-refractivity contribution >= 4 is 23.4 Å². The van der Waals surface area contributed by atoms with E-state index in [2.05, 4.69) is 5.32 Å². The maximum absolute atomic E-state index is 13.7. The van der Waals surface area contributed by atoms with Crippen LogP contribution in [0.25, 0.3) is 0 Å². The first-order valence-electron chi connectivity index (χ1n) is 6.92. The molecular weight excluding hydrogens is 319 g/mol. The van der Waals surface area contributed by atoms with E-state index in [0.29, 0.717) is 5.56 Å². The zero-order chi connectivity index (χ0) is 17.0. The van der Waals surface area contributed by atoms with Gasteiger partial charge in [-0.3, -0.25) is 9.59 Å². The third kappa shape index (κ3) is 4.29.